The highest BCUT2D eigenvalue weighted by atomic mass is 35.5. The molecular weight excluding hydrogens is 412 g/mol. The third kappa shape index (κ3) is 5.70. The number of halogens is 5. The molecule has 2 N–H and O–H groups in total. The highest BCUT2D eigenvalue weighted by Gasteiger charge is 2.60. The molecule has 2 atom stereocenters. The van der Waals surface area contributed by atoms with E-state index in [0.29, 0.717) is 0 Å². The lowest BCUT2D eigenvalue weighted by molar-refractivity contribution is -0.275. The topological polar surface area (TPSA) is 91.5 Å². The van der Waals surface area contributed by atoms with Crippen molar-refractivity contribution in [3.05, 3.63) is 22.2 Å². The second kappa shape index (κ2) is 9.07. The van der Waals surface area contributed by atoms with E-state index < -0.39 is 36.6 Å². The van der Waals surface area contributed by atoms with Crippen LogP contribution in [0.25, 0.3) is 0 Å². The fourth-order valence-corrected chi connectivity index (χ4v) is 2.74. The summed E-state index contributed by atoms with van der Waals surface area (Å²) in [4.78, 5) is 11.1. The quantitative estimate of drug-likeness (QED) is 0.549. The molecule has 0 fully saturated rings. The Morgan fingerprint density at radius 1 is 1.26 bits per heavy atom. The molecule has 0 spiro atoms. The maximum absolute atomic E-state index is 13.3. The van der Waals surface area contributed by atoms with Crippen molar-refractivity contribution in [3.8, 4) is 5.75 Å². The van der Waals surface area contributed by atoms with Gasteiger partial charge < -0.3 is 14.9 Å². The number of alkyl halides is 3. The molecule has 0 amide bonds. The molecule has 1 rings (SSSR count). The zero-order valence-corrected chi connectivity index (χ0v) is 16.2. The first-order valence-electron chi connectivity index (χ1n) is 7.88. The molecule has 0 aliphatic carbocycles. The van der Waals surface area contributed by atoms with Gasteiger partial charge in [0.2, 0.25) is 0 Å². The van der Waals surface area contributed by atoms with Crippen LogP contribution < -0.4 is 4.74 Å². The van der Waals surface area contributed by atoms with Gasteiger partial charge in [0.1, 0.15) is 11.4 Å². The Morgan fingerprint density at radius 3 is 2.30 bits per heavy atom. The van der Waals surface area contributed by atoms with E-state index in [1.807, 2.05) is 0 Å². The van der Waals surface area contributed by atoms with E-state index in [-0.39, 0.29) is 27.6 Å². The number of carboxylic acid groups (broad SMARTS) is 1. The number of aliphatic hydroxyl groups is 1. The predicted octanol–water partition coefficient (Wildman–Crippen LogP) is 5.27. The number of carboxylic acids is 1. The molecule has 0 heterocycles. The summed E-state index contributed by atoms with van der Waals surface area (Å²) >= 11 is 11.9. The highest BCUT2D eigenvalue weighted by Crippen LogP contribution is 2.40. The summed E-state index contributed by atoms with van der Waals surface area (Å²) in [6.45, 7) is 3.40. The van der Waals surface area contributed by atoms with Crippen LogP contribution in [0.5, 0.6) is 5.75 Å². The predicted molar refractivity (Wildman–Crippen MR) is 94.0 cm³/mol. The molecule has 11 heteroatoms. The number of benzene rings is 1. The van der Waals surface area contributed by atoms with Gasteiger partial charge in [-0.2, -0.15) is 23.4 Å². The molecule has 6 nitrogen and oxygen atoms in total. The minimum Gasteiger partial charge on any atom is -0.489 e. The first-order valence-corrected chi connectivity index (χ1v) is 8.64. The Balaban J connectivity index is 3.19. The third-order valence-corrected chi connectivity index (χ3v) is 4.23. The fraction of sp³-hybridized carbons (Fsp3) is 0.562. The second-order valence-corrected chi connectivity index (χ2v) is 6.84. The van der Waals surface area contributed by atoms with Gasteiger partial charge >= 0.3 is 12.1 Å². The van der Waals surface area contributed by atoms with E-state index in [4.69, 9.17) is 33.0 Å². The number of carbonyl (C=O) groups is 1. The largest absolute Gasteiger partial charge is 0.489 e. The molecule has 0 aliphatic heterocycles. The molecule has 0 bridgehead atoms. The standard InChI is InChI=1S/C16H19Cl2F3N2O4/c1-4-9(14(24)25)15(26,16(19,20)21)7-22-23-12-6-13(27-8(2)3)11(18)5-10(12)17/h5-6,8-9,26H,4,7H2,1-3H3,(H,24,25). The summed E-state index contributed by atoms with van der Waals surface area (Å²) in [6.07, 6.45) is -5.90. The average molecular weight is 431 g/mol. The van der Waals surface area contributed by atoms with Crippen LogP contribution in [0, 0.1) is 5.92 Å². The lowest BCUT2D eigenvalue weighted by Gasteiger charge is -2.33. The number of nitrogens with zero attached hydrogens (tertiary/aromatic N) is 2. The van der Waals surface area contributed by atoms with E-state index in [9.17, 15) is 23.1 Å². The van der Waals surface area contributed by atoms with Gasteiger partial charge in [0.15, 0.2) is 5.60 Å². The number of rotatable bonds is 8. The molecule has 2 unspecified atom stereocenters. The molecule has 1 aromatic carbocycles. The summed E-state index contributed by atoms with van der Waals surface area (Å²) in [5.74, 6) is -3.69. The molecular formula is C16H19Cl2F3N2O4. The number of aliphatic carboxylic acids is 1. The van der Waals surface area contributed by atoms with Crippen molar-refractivity contribution >= 4 is 34.9 Å². The first-order chi connectivity index (χ1) is 12.3. The van der Waals surface area contributed by atoms with E-state index in [1.165, 1.54) is 19.1 Å². The van der Waals surface area contributed by atoms with Crippen LogP contribution in [0.2, 0.25) is 10.0 Å². The molecule has 0 radical (unpaired) electrons. The summed E-state index contributed by atoms with van der Waals surface area (Å²) in [6, 6.07) is 2.58. The number of hydrogen-bond donors (Lipinski definition) is 2. The monoisotopic (exact) mass is 430 g/mol. The molecule has 1 aromatic rings. The van der Waals surface area contributed by atoms with Crippen LogP contribution >= 0.6 is 23.2 Å². The van der Waals surface area contributed by atoms with E-state index in [0.717, 1.165) is 0 Å². The van der Waals surface area contributed by atoms with Crippen LogP contribution in [-0.4, -0.2) is 40.6 Å². The van der Waals surface area contributed by atoms with Gasteiger partial charge in [-0.25, -0.2) is 0 Å². The maximum Gasteiger partial charge on any atom is 0.419 e. The van der Waals surface area contributed by atoms with Crippen LogP contribution in [-0.2, 0) is 4.79 Å². The Morgan fingerprint density at radius 2 is 1.85 bits per heavy atom. The van der Waals surface area contributed by atoms with Crippen LogP contribution in [0.4, 0.5) is 18.9 Å². The van der Waals surface area contributed by atoms with E-state index >= 15 is 0 Å². The van der Waals surface area contributed by atoms with Crippen molar-refractivity contribution in [1.82, 2.24) is 0 Å². The van der Waals surface area contributed by atoms with Crippen molar-refractivity contribution in [1.29, 1.82) is 0 Å². The Hall–Kier alpha value is -1.58. The van der Waals surface area contributed by atoms with Crippen LogP contribution in [0.3, 0.4) is 0 Å². The lowest BCUT2D eigenvalue weighted by atomic mass is 9.84. The van der Waals surface area contributed by atoms with Gasteiger partial charge in [0, 0.05) is 6.07 Å². The van der Waals surface area contributed by atoms with Crippen molar-refractivity contribution < 1.29 is 32.9 Å². The van der Waals surface area contributed by atoms with Gasteiger partial charge in [-0.05, 0) is 26.3 Å². The van der Waals surface area contributed by atoms with Crippen molar-refractivity contribution in [2.45, 2.75) is 45.1 Å². The van der Waals surface area contributed by atoms with Crippen molar-refractivity contribution in [2.75, 3.05) is 6.54 Å². The van der Waals surface area contributed by atoms with Gasteiger partial charge in [-0.3, -0.25) is 4.79 Å². The van der Waals surface area contributed by atoms with Crippen LogP contribution in [0.15, 0.2) is 22.4 Å². The SMILES string of the molecule is CCC(C(=O)O)C(O)(CN=Nc1cc(OC(C)C)c(Cl)cc1Cl)C(F)(F)F. The summed E-state index contributed by atoms with van der Waals surface area (Å²) in [5, 5.41) is 26.1. The Labute approximate surface area is 163 Å². The molecule has 27 heavy (non-hydrogen) atoms. The molecule has 0 aliphatic rings. The fourth-order valence-electron chi connectivity index (χ4n) is 2.27. The smallest absolute Gasteiger partial charge is 0.419 e. The number of azo groups is 1. The van der Waals surface area contributed by atoms with E-state index in [1.54, 1.807) is 13.8 Å². The van der Waals surface area contributed by atoms with E-state index in [2.05, 4.69) is 10.2 Å². The van der Waals surface area contributed by atoms with Crippen molar-refractivity contribution in [2.24, 2.45) is 16.1 Å². The molecule has 0 saturated carbocycles. The maximum atomic E-state index is 13.3. The first kappa shape index (κ1) is 23.5. The average Bonchev–Trinajstić information content (AvgIpc) is 2.50. The van der Waals surface area contributed by atoms with Crippen molar-refractivity contribution in [3.63, 3.8) is 0 Å². The molecule has 0 saturated heterocycles. The normalized spacial score (nSPS) is 15.8. The summed E-state index contributed by atoms with van der Waals surface area (Å²) < 4.78 is 45.3. The van der Waals surface area contributed by atoms with Gasteiger partial charge in [0.05, 0.1) is 28.6 Å². The van der Waals surface area contributed by atoms with Gasteiger partial charge in [0.25, 0.3) is 0 Å². The minimum atomic E-state index is -5.22. The number of hydrogen-bond acceptors (Lipinski definition) is 5. The van der Waals surface area contributed by atoms with Gasteiger partial charge in [-0.15, -0.1) is 0 Å². The zero-order valence-electron chi connectivity index (χ0n) is 14.7. The van der Waals surface area contributed by atoms with Crippen LogP contribution in [0.1, 0.15) is 27.2 Å². The third-order valence-electron chi connectivity index (χ3n) is 3.63. The number of ether oxygens (including phenoxy) is 1. The zero-order chi connectivity index (χ0) is 21.0. The Bertz CT molecular complexity index is 714. The summed E-state index contributed by atoms with van der Waals surface area (Å²) in [5.41, 5.74) is -3.61. The minimum absolute atomic E-state index is 0.000630. The second-order valence-electron chi connectivity index (χ2n) is 6.02. The van der Waals surface area contributed by atoms with Gasteiger partial charge in [-0.1, -0.05) is 30.1 Å². The molecule has 0 aromatic heterocycles. The lowest BCUT2D eigenvalue weighted by Crippen LogP contribution is -2.56. The Kier molecular flexibility index (Phi) is 7.88. The highest BCUT2D eigenvalue weighted by molar-refractivity contribution is 6.37. The molecule has 152 valence electrons. The summed E-state index contributed by atoms with van der Waals surface area (Å²) in [7, 11) is 0.